The summed E-state index contributed by atoms with van der Waals surface area (Å²) in [5, 5.41) is 9.59. The molecule has 1 N–H and O–H groups in total. The van der Waals surface area contributed by atoms with E-state index in [2.05, 4.69) is 54.6 Å². The summed E-state index contributed by atoms with van der Waals surface area (Å²) >= 11 is 0. The number of hydrogen-bond donors (Lipinski definition) is 1. The number of aliphatic hydroxyl groups is 1. The van der Waals surface area contributed by atoms with Crippen LogP contribution in [0.3, 0.4) is 0 Å². The van der Waals surface area contributed by atoms with E-state index >= 15 is 0 Å². The molecule has 0 unspecified atom stereocenters. The minimum atomic E-state index is -0.125. The molecule has 0 fully saturated rings. The number of aliphatic hydroxyl groups excluding tert-OH is 1. The third kappa shape index (κ3) is 4.07. The number of rotatable bonds is 2. The number of aromatic nitrogens is 1. The molecule has 0 aliphatic heterocycles. The Morgan fingerprint density at radius 2 is 1.72 bits per heavy atom. The maximum absolute atomic E-state index is 10.0. The number of benzene rings is 2. The summed E-state index contributed by atoms with van der Waals surface area (Å²) in [6.45, 7) is 2.85. The number of nitrogens with zero attached hydrogens (tertiary/aromatic N) is 1. The van der Waals surface area contributed by atoms with Crippen LogP contribution in [0.5, 0.6) is 0 Å². The Hall–Kier alpha value is -3.01. The number of hydrogen-bond acceptors (Lipinski definition) is 4. The first kappa shape index (κ1) is 20.7. The molecule has 1 radical (unpaired) electrons. The van der Waals surface area contributed by atoms with Gasteiger partial charge in [-0.2, -0.15) is 0 Å². The molecule has 0 bridgehead atoms. The maximum Gasteiger partial charge on any atom is 0.155 e. The Morgan fingerprint density at radius 1 is 1.03 bits per heavy atom. The van der Waals surface area contributed by atoms with Gasteiger partial charge in [-0.25, -0.2) is 0 Å². The third-order valence-corrected chi connectivity index (χ3v) is 4.45. The van der Waals surface area contributed by atoms with Crippen LogP contribution < -0.4 is 0 Å². The first-order valence-electron chi connectivity index (χ1n) is 8.91. The Morgan fingerprint density at radius 3 is 2.31 bits per heavy atom. The number of allylic oxidation sites excluding steroid dienone is 2. The molecule has 1 aliphatic carbocycles. The van der Waals surface area contributed by atoms with Gasteiger partial charge in [-0.05, 0) is 48.4 Å². The number of furan rings is 1. The normalized spacial score (nSPS) is 11.3. The van der Waals surface area contributed by atoms with E-state index in [1.807, 2.05) is 0 Å². The second kappa shape index (κ2) is 8.56. The van der Waals surface area contributed by atoms with Crippen molar-refractivity contribution in [2.45, 2.75) is 13.8 Å². The van der Waals surface area contributed by atoms with Gasteiger partial charge in [0.15, 0.2) is 5.78 Å². The molecule has 5 rings (SSSR count). The smallest absolute Gasteiger partial charge is 0.155 e. The van der Waals surface area contributed by atoms with Crippen LogP contribution in [0.1, 0.15) is 13.8 Å². The van der Waals surface area contributed by atoms with E-state index in [-0.39, 0.29) is 31.6 Å². The second-order valence-corrected chi connectivity index (χ2v) is 6.59. The van der Waals surface area contributed by atoms with Crippen LogP contribution in [0.2, 0.25) is 0 Å². The van der Waals surface area contributed by atoms with Gasteiger partial charge in [0.2, 0.25) is 0 Å². The molecule has 4 aromatic rings. The fourth-order valence-electron chi connectivity index (χ4n) is 3.47. The van der Waals surface area contributed by atoms with Gasteiger partial charge in [0.1, 0.15) is 0 Å². The largest absolute Gasteiger partial charge is 0.545 e. The SMILES string of the molecule is CC(=O)C=C(C)O.[Ir].[c-]1ccoc1-c1cc2c3c(cccc3n1)-c1ccccc1-2. The average molecular weight is 561 g/mol. The Labute approximate surface area is 182 Å². The summed E-state index contributed by atoms with van der Waals surface area (Å²) < 4.78 is 5.45. The van der Waals surface area contributed by atoms with E-state index in [9.17, 15) is 4.79 Å². The number of fused-ring (bicyclic) bond motifs is 3. The van der Waals surface area contributed by atoms with Gasteiger partial charge < -0.3 is 14.5 Å². The molecule has 0 spiro atoms. The first-order valence-corrected chi connectivity index (χ1v) is 8.91. The van der Waals surface area contributed by atoms with Gasteiger partial charge in [0, 0.05) is 43.0 Å². The summed E-state index contributed by atoms with van der Waals surface area (Å²) in [5.41, 5.74) is 6.86. The van der Waals surface area contributed by atoms with E-state index in [1.54, 1.807) is 12.3 Å². The zero-order valence-corrected chi connectivity index (χ0v) is 18.3. The summed E-state index contributed by atoms with van der Waals surface area (Å²) in [5.74, 6) is 0.621. The Balaban J connectivity index is 0.000000263. The molecule has 2 heterocycles. The standard InChI is InChI=1S/C19H10NO.C5H8O2.Ir/c1-2-6-13-12(5-1)14-7-3-8-16-19(14)15(13)11-17(20-16)18-9-4-10-21-18;1-4(6)3-5(2)7;/h1-8,10-11H;3,6H,1-2H3;/q-1;;. The van der Waals surface area contributed by atoms with Crippen LogP contribution in [0, 0.1) is 6.07 Å². The van der Waals surface area contributed by atoms with E-state index in [0.29, 0.717) is 5.76 Å². The Bertz CT molecular complexity index is 1210. The monoisotopic (exact) mass is 561 g/mol. The van der Waals surface area contributed by atoms with Crippen molar-refractivity contribution in [3.8, 4) is 33.7 Å². The fourth-order valence-corrected chi connectivity index (χ4v) is 3.47. The van der Waals surface area contributed by atoms with Crippen LogP contribution in [0.25, 0.3) is 44.6 Å². The van der Waals surface area contributed by atoms with Crippen molar-refractivity contribution < 1.29 is 34.4 Å². The molecular weight excluding hydrogens is 542 g/mol. The van der Waals surface area contributed by atoms with Gasteiger partial charge in [0.25, 0.3) is 0 Å². The molecule has 4 nitrogen and oxygen atoms in total. The quantitative estimate of drug-likeness (QED) is 0.164. The predicted octanol–water partition coefficient (Wildman–Crippen LogP) is 5.98. The molecule has 2 aromatic carbocycles. The third-order valence-electron chi connectivity index (χ3n) is 4.45. The molecule has 147 valence electrons. The van der Waals surface area contributed by atoms with Crippen LogP contribution in [0.15, 0.2) is 77.1 Å². The van der Waals surface area contributed by atoms with Crippen molar-refractivity contribution in [2.75, 3.05) is 0 Å². The van der Waals surface area contributed by atoms with Gasteiger partial charge in [-0.3, -0.25) is 4.79 Å². The van der Waals surface area contributed by atoms with E-state index in [4.69, 9.17) is 14.5 Å². The Kier molecular flexibility index (Phi) is 6.11. The van der Waals surface area contributed by atoms with E-state index in [0.717, 1.165) is 11.2 Å². The summed E-state index contributed by atoms with van der Waals surface area (Å²) in [4.78, 5) is 14.8. The molecule has 0 saturated heterocycles. The average Bonchev–Trinajstić information content (AvgIpc) is 3.30. The number of carbonyl (C=O) groups excluding carboxylic acids is 1. The van der Waals surface area contributed by atoms with Gasteiger partial charge in [-0.15, -0.1) is 12.1 Å². The van der Waals surface area contributed by atoms with Crippen molar-refractivity contribution >= 4 is 16.7 Å². The minimum absolute atomic E-state index is 0. The molecule has 2 aromatic heterocycles. The number of pyridine rings is 1. The predicted molar refractivity (Wildman–Crippen MR) is 110 cm³/mol. The molecule has 0 saturated carbocycles. The number of carbonyl (C=O) groups is 1. The van der Waals surface area contributed by atoms with Crippen molar-refractivity contribution in [3.05, 3.63) is 78.8 Å². The molecule has 0 amide bonds. The van der Waals surface area contributed by atoms with Gasteiger partial charge in [-0.1, -0.05) is 42.5 Å². The maximum atomic E-state index is 10.0. The van der Waals surface area contributed by atoms with Crippen LogP contribution >= 0.6 is 0 Å². The van der Waals surface area contributed by atoms with Crippen molar-refractivity contribution in [1.29, 1.82) is 0 Å². The van der Waals surface area contributed by atoms with E-state index < -0.39 is 0 Å². The van der Waals surface area contributed by atoms with Crippen LogP contribution in [-0.4, -0.2) is 15.9 Å². The van der Waals surface area contributed by atoms with Crippen molar-refractivity contribution in [2.24, 2.45) is 0 Å². The molecule has 29 heavy (non-hydrogen) atoms. The summed E-state index contributed by atoms with van der Waals surface area (Å²) in [6.07, 6.45) is 2.80. The van der Waals surface area contributed by atoms with Crippen molar-refractivity contribution in [1.82, 2.24) is 4.98 Å². The fraction of sp³-hybridized carbons (Fsp3) is 0.0833. The zero-order valence-electron chi connectivity index (χ0n) is 15.9. The second-order valence-electron chi connectivity index (χ2n) is 6.59. The summed E-state index contributed by atoms with van der Waals surface area (Å²) in [6, 6.07) is 21.7. The van der Waals surface area contributed by atoms with Crippen molar-refractivity contribution in [3.63, 3.8) is 0 Å². The van der Waals surface area contributed by atoms with Gasteiger partial charge in [0.05, 0.1) is 11.3 Å². The summed E-state index contributed by atoms with van der Waals surface area (Å²) in [7, 11) is 0. The molecular formula is C24H18IrNO3-. The minimum Gasteiger partial charge on any atom is -0.545 e. The molecule has 5 heteroatoms. The topological polar surface area (TPSA) is 63.3 Å². The van der Waals surface area contributed by atoms with E-state index in [1.165, 1.54) is 47.6 Å². The number of ketones is 1. The van der Waals surface area contributed by atoms with Crippen LogP contribution in [0.4, 0.5) is 0 Å². The zero-order chi connectivity index (χ0) is 19.7. The first-order chi connectivity index (χ1) is 13.5. The molecule has 1 aliphatic rings. The van der Waals surface area contributed by atoms with Crippen LogP contribution in [-0.2, 0) is 24.9 Å². The van der Waals surface area contributed by atoms with Gasteiger partial charge >= 0.3 is 0 Å². The molecule has 0 atom stereocenters.